The first-order chi connectivity index (χ1) is 18.1. The summed E-state index contributed by atoms with van der Waals surface area (Å²) < 4.78 is 30.3. The summed E-state index contributed by atoms with van der Waals surface area (Å²) in [6.45, 7) is 11.6. The zero-order chi connectivity index (χ0) is 27.8. The number of ether oxygens (including phenoxy) is 3. The first kappa shape index (κ1) is 30.8. The van der Waals surface area contributed by atoms with E-state index in [9.17, 15) is 14.3 Å². The molecule has 1 saturated heterocycles. The normalized spacial score (nSPS) is 23.7. The molecule has 0 bridgehead atoms. The van der Waals surface area contributed by atoms with Gasteiger partial charge in [-0.1, -0.05) is 33.8 Å². The van der Waals surface area contributed by atoms with E-state index in [1.807, 2.05) is 13.8 Å². The Kier molecular flexibility index (Phi) is 11.8. The molecule has 6 unspecified atom stereocenters. The van der Waals surface area contributed by atoms with Crippen LogP contribution in [-0.2, 0) is 20.7 Å². The fourth-order valence-corrected chi connectivity index (χ4v) is 5.70. The van der Waals surface area contributed by atoms with Crippen molar-refractivity contribution in [1.29, 1.82) is 0 Å². The van der Waals surface area contributed by atoms with Gasteiger partial charge in [0, 0.05) is 38.6 Å². The van der Waals surface area contributed by atoms with Crippen LogP contribution in [0.15, 0.2) is 18.2 Å². The van der Waals surface area contributed by atoms with Gasteiger partial charge in [0.25, 0.3) is 0 Å². The second-order valence-corrected chi connectivity index (χ2v) is 12.0. The third kappa shape index (κ3) is 8.63. The molecule has 1 saturated carbocycles. The van der Waals surface area contributed by atoms with Crippen LogP contribution in [0.5, 0.6) is 5.75 Å². The fraction of sp³-hybridized carbons (Fsp3) is 0.767. The number of hydrogen-bond acceptors (Lipinski definition) is 6. The van der Waals surface area contributed by atoms with Gasteiger partial charge in [0.1, 0.15) is 0 Å². The number of carbonyl (C=O) groups is 1. The van der Waals surface area contributed by atoms with Crippen LogP contribution in [0, 0.1) is 47.2 Å². The number of benzene rings is 1. The number of amides is 1. The van der Waals surface area contributed by atoms with Crippen molar-refractivity contribution in [3.05, 3.63) is 29.6 Å². The minimum atomic E-state index is -0.781. The van der Waals surface area contributed by atoms with Gasteiger partial charge in [-0.05, 0) is 72.5 Å². The Morgan fingerprint density at radius 2 is 1.87 bits per heavy atom. The molecular weight excluding hydrogens is 487 g/mol. The van der Waals surface area contributed by atoms with Gasteiger partial charge in [-0.2, -0.15) is 0 Å². The fourth-order valence-electron chi connectivity index (χ4n) is 5.70. The first-order valence-electron chi connectivity index (χ1n) is 14.3. The molecule has 7 nitrogen and oxygen atoms in total. The lowest BCUT2D eigenvalue weighted by molar-refractivity contribution is -0.127. The van der Waals surface area contributed by atoms with Crippen molar-refractivity contribution in [2.75, 3.05) is 40.1 Å². The van der Waals surface area contributed by atoms with Gasteiger partial charge in [0.05, 0.1) is 25.9 Å². The van der Waals surface area contributed by atoms with E-state index >= 15 is 0 Å². The standard InChI is InChI=1S/C30H49FN2O5/c1-18(2)21(11-20-7-8-26(31)29(12-20)38-10-6-9-36-5)13-27(32)28(34)14-22(19(3)4)30(35)33-15-23-24-16-37-17-25(23)24/h7-8,12,18-19,21-25,27-28,34H,6,9-11,13-17,32H2,1-5H3,(H,33,35). The predicted octanol–water partition coefficient (Wildman–Crippen LogP) is 3.80. The lowest BCUT2D eigenvalue weighted by Gasteiger charge is -2.30. The lowest BCUT2D eigenvalue weighted by atomic mass is 9.81. The minimum Gasteiger partial charge on any atom is -0.490 e. The highest BCUT2D eigenvalue weighted by molar-refractivity contribution is 5.79. The van der Waals surface area contributed by atoms with Crippen molar-refractivity contribution in [3.8, 4) is 5.75 Å². The summed E-state index contributed by atoms with van der Waals surface area (Å²) in [6.07, 6.45) is 1.56. The van der Waals surface area contributed by atoms with Crippen LogP contribution in [0.3, 0.4) is 0 Å². The number of carbonyl (C=O) groups excluding carboxylic acids is 1. The number of methoxy groups -OCH3 is 1. The number of aliphatic hydroxyl groups excluding tert-OH is 1. The van der Waals surface area contributed by atoms with E-state index < -0.39 is 12.1 Å². The molecule has 1 aromatic rings. The molecule has 0 aromatic heterocycles. The Bertz CT molecular complexity index is 872. The Labute approximate surface area is 228 Å². The summed E-state index contributed by atoms with van der Waals surface area (Å²) in [5.74, 6) is 1.90. The van der Waals surface area contributed by atoms with Gasteiger partial charge in [-0.3, -0.25) is 4.79 Å². The van der Waals surface area contributed by atoms with Crippen molar-refractivity contribution in [2.24, 2.45) is 47.2 Å². The Morgan fingerprint density at radius 1 is 1.16 bits per heavy atom. The maximum Gasteiger partial charge on any atom is 0.223 e. The van der Waals surface area contributed by atoms with Gasteiger partial charge in [0.15, 0.2) is 11.6 Å². The molecule has 0 radical (unpaired) electrons. The molecule has 0 spiro atoms. The number of nitrogens with two attached hydrogens (primary N) is 1. The van der Waals surface area contributed by atoms with Crippen LogP contribution < -0.4 is 15.8 Å². The molecule has 1 aromatic carbocycles. The van der Waals surface area contributed by atoms with Crippen LogP contribution in [-0.4, -0.2) is 63.2 Å². The molecule has 38 heavy (non-hydrogen) atoms. The molecule has 1 heterocycles. The molecule has 1 aliphatic heterocycles. The van der Waals surface area contributed by atoms with Crippen LogP contribution in [0.1, 0.15) is 52.5 Å². The van der Waals surface area contributed by atoms with Crippen LogP contribution in [0.25, 0.3) is 0 Å². The van der Waals surface area contributed by atoms with Crippen molar-refractivity contribution in [2.45, 2.75) is 65.5 Å². The quantitative estimate of drug-likeness (QED) is 0.262. The molecule has 3 rings (SSSR count). The summed E-state index contributed by atoms with van der Waals surface area (Å²) in [5, 5.41) is 14.1. The average molecular weight is 537 g/mol. The molecule has 2 aliphatic rings. The van der Waals surface area contributed by atoms with E-state index in [1.54, 1.807) is 19.2 Å². The predicted molar refractivity (Wildman–Crippen MR) is 146 cm³/mol. The van der Waals surface area contributed by atoms with Crippen molar-refractivity contribution >= 4 is 5.91 Å². The molecular formula is C30H49FN2O5. The van der Waals surface area contributed by atoms with Gasteiger partial charge >= 0.3 is 0 Å². The van der Waals surface area contributed by atoms with Crippen LogP contribution in [0.4, 0.5) is 4.39 Å². The SMILES string of the molecule is COCCCOc1cc(CC(CC(N)C(O)CC(C(=O)NCC2C3COCC23)C(C)C)C(C)C)ccc1F. The zero-order valence-electron chi connectivity index (χ0n) is 23.8. The van der Waals surface area contributed by atoms with Crippen LogP contribution in [0.2, 0.25) is 0 Å². The van der Waals surface area contributed by atoms with Gasteiger partial charge in [-0.15, -0.1) is 0 Å². The first-order valence-corrected chi connectivity index (χ1v) is 14.3. The molecule has 4 N–H and O–H groups in total. The molecule has 1 amide bonds. The van der Waals surface area contributed by atoms with E-state index in [0.29, 0.717) is 69.1 Å². The molecule has 1 aliphatic carbocycles. The summed E-state index contributed by atoms with van der Waals surface area (Å²) >= 11 is 0. The number of halogens is 1. The number of nitrogens with one attached hydrogen (secondary N) is 1. The molecule has 216 valence electrons. The van der Waals surface area contributed by atoms with E-state index in [1.165, 1.54) is 6.07 Å². The zero-order valence-corrected chi connectivity index (χ0v) is 23.8. The maximum absolute atomic E-state index is 14.3. The molecule has 8 heteroatoms. The second-order valence-electron chi connectivity index (χ2n) is 12.0. The van der Waals surface area contributed by atoms with Gasteiger partial charge < -0.3 is 30.4 Å². The topological polar surface area (TPSA) is 103 Å². The van der Waals surface area contributed by atoms with E-state index in [2.05, 4.69) is 19.2 Å². The Hall–Kier alpha value is -1.74. The monoisotopic (exact) mass is 536 g/mol. The van der Waals surface area contributed by atoms with Crippen molar-refractivity contribution < 1.29 is 28.5 Å². The highest BCUT2D eigenvalue weighted by Gasteiger charge is 2.53. The third-order valence-corrected chi connectivity index (χ3v) is 8.53. The third-order valence-electron chi connectivity index (χ3n) is 8.53. The van der Waals surface area contributed by atoms with E-state index in [4.69, 9.17) is 19.9 Å². The van der Waals surface area contributed by atoms with Crippen molar-refractivity contribution in [1.82, 2.24) is 5.32 Å². The number of fused-ring (bicyclic) bond motifs is 1. The summed E-state index contributed by atoms with van der Waals surface area (Å²) in [6, 6.07) is 4.54. The average Bonchev–Trinajstić information content (AvgIpc) is 3.29. The maximum atomic E-state index is 14.3. The number of hydrogen-bond donors (Lipinski definition) is 3. The molecule has 2 fully saturated rings. The smallest absolute Gasteiger partial charge is 0.223 e. The molecule has 6 atom stereocenters. The van der Waals surface area contributed by atoms with Crippen LogP contribution >= 0.6 is 0 Å². The second kappa shape index (κ2) is 14.6. The number of rotatable bonds is 17. The van der Waals surface area contributed by atoms with Gasteiger partial charge in [0.2, 0.25) is 5.91 Å². The minimum absolute atomic E-state index is 0.00175. The van der Waals surface area contributed by atoms with Crippen molar-refractivity contribution in [3.63, 3.8) is 0 Å². The van der Waals surface area contributed by atoms with E-state index in [0.717, 1.165) is 18.8 Å². The summed E-state index contributed by atoms with van der Waals surface area (Å²) in [4.78, 5) is 13.0. The van der Waals surface area contributed by atoms with E-state index in [-0.39, 0.29) is 35.2 Å². The Balaban J connectivity index is 1.52. The highest BCUT2D eigenvalue weighted by atomic mass is 19.1. The van der Waals surface area contributed by atoms with Gasteiger partial charge in [-0.25, -0.2) is 4.39 Å². The largest absolute Gasteiger partial charge is 0.490 e. The highest BCUT2D eigenvalue weighted by Crippen LogP contribution is 2.50. The summed E-state index contributed by atoms with van der Waals surface area (Å²) in [5.41, 5.74) is 7.48. The lowest BCUT2D eigenvalue weighted by Crippen LogP contribution is -2.43. The summed E-state index contributed by atoms with van der Waals surface area (Å²) in [7, 11) is 1.63. The Morgan fingerprint density at radius 3 is 2.50 bits per heavy atom. The number of aliphatic hydroxyl groups is 1.